The van der Waals surface area contributed by atoms with Crippen LogP contribution in [0.2, 0.25) is 5.02 Å². The second-order valence-corrected chi connectivity index (χ2v) is 9.99. The van der Waals surface area contributed by atoms with E-state index in [1.54, 1.807) is 18.0 Å². The van der Waals surface area contributed by atoms with Gasteiger partial charge >= 0.3 is 0 Å². The summed E-state index contributed by atoms with van der Waals surface area (Å²) in [5.41, 5.74) is 3.15. The van der Waals surface area contributed by atoms with Crippen molar-refractivity contribution in [2.45, 2.75) is 38.5 Å². The molecule has 0 saturated carbocycles. The van der Waals surface area contributed by atoms with Gasteiger partial charge in [0.2, 0.25) is 5.95 Å². The molecule has 10 heteroatoms. The minimum atomic E-state index is -2.84. The van der Waals surface area contributed by atoms with Crippen LogP contribution in [0.4, 0.5) is 36.3 Å². The van der Waals surface area contributed by atoms with Crippen molar-refractivity contribution in [1.82, 2.24) is 15.3 Å². The summed E-state index contributed by atoms with van der Waals surface area (Å²) in [4.78, 5) is 12.8. The van der Waals surface area contributed by atoms with Gasteiger partial charge in [-0.05, 0) is 36.8 Å². The molecule has 1 aromatic heterocycles. The van der Waals surface area contributed by atoms with Crippen LogP contribution in [-0.4, -0.2) is 42.6 Å². The molecule has 0 unspecified atom stereocenters. The number of benzene rings is 1. The van der Waals surface area contributed by atoms with Gasteiger partial charge in [-0.3, -0.25) is 0 Å². The molecule has 35 heavy (non-hydrogen) atoms. The molecule has 0 radical (unpaired) electrons. The number of nitrogens with one attached hydrogen (secondary N) is 2. The van der Waals surface area contributed by atoms with Crippen molar-refractivity contribution in [2.24, 2.45) is 5.92 Å². The number of fused-ring (bicyclic) bond motifs is 2. The maximum atomic E-state index is 15.2. The van der Waals surface area contributed by atoms with Crippen molar-refractivity contribution in [3.05, 3.63) is 52.6 Å². The zero-order chi connectivity index (χ0) is 24.9. The highest BCUT2D eigenvalue weighted by molar-refractivity contribution is 6.32. The van der Waals surface area contributed by atoms with Gasteiger partial charge in [-0.15, -0.1) is 0 Å². The number of allylic oxidation sites excluding steroid dienone is 1. The van der Waals surface area contributed by atoms with Gasteiger partial charge in [0.15, 0.2) is 5.82 Å². The fourth-order valence-electron chi connectivity index (χ4n) is 4.81. The predicted octanol–water partition coefficient (Wildman–Crippen LogP) is 5.94. The van der Waals surface area contributed by atoms with Crippen molar-refractivity contribution in [3.8, 4) is 0 Å². The molecular weight excluding hydrogens is 477 g/mol. The van der Waals surface area contributed by atoms with Crippen LogP contribution in [0.5, 0.6) is 0 Å². The summed E-state index contributed by atoms with van der Waals surface area (Å²) in [5, 5.41) is 6.16. The summed E-state index contributed by atoms with van der Waals surface area (Å²) < 4.78 is 43.6. The van der Waals surface area contributed by atoms with Gasteiger partial charge in [0.05, 0.1) is 24.1 Å². The van der Waals surface area contributed by atoms with Gasteiger partial charge in [-0.25, -0.2) is 18.2 Å². The van der Waals surface area contributed by atoms with Crippen molar-refractivity contribution in [1.29, 1.82) is 0 Å². The van der Waals surface area contributed by atoms with Gasteiger partial charge in [-0.1, -0.05) is 25.1 Å². The smallest absolute Gasteiger partial charge is 0.265 e. The summed E-state index contributed by atoms with van der Waals surface area (Å²) in [6, 6.07) is 2.99. The van der Waals surface area contributed by atoms with Crippen LogP contribution < -0.4 is 20.4 Å². The normalized spacial score (nSPS) is 20.2. The third-order valence-corrected chi connectivity index (χ3v) is 7.36. The van der Waals surface area contributed by atoms with E-state index in [0.717, 1.165) is 25.9 Å². The molecule has 5 rings (SSSR count). The third kappa shape index (κ3) is 4.53. The highest BCUT2D eigenvalue weighted by atomic mass is 35.5. The summed E-state index contributed by atoms with van der Waals surface area (Å²) >= 11 is 6.36. The first-order valence-corrected chi connectivity index (χ1v) is 12.2. The first-order valence-electron chi connectivity index (χ1n) is 11.8. The van der Waals surface area contributed by atoms with E-state index in [2.05, 4.69) is 39.0 Å². The number of rotatable bonds is 3. The summed E-state index contributed by atoms with van der Waals surface area (Å²) in [5.74, 6) is -1.87. The van der Waals surface area contributed by atoms with Gasteiger partial charge in [-0.2, -0.15) is 4.98 Å². The van der Waals surface area contributed by atoms with Crippen molar-refractivity contribution in [2.75, 3.05) is 41.8 Å². The van der Waals surface area contributed by atoms with E-state index in [-0.39, 0.29) is 29.4 Å². The Bertz CT molecular complexity index is 1210. The molecule has 3 aliphatic heterocycles. The minimum absolute atomic E-state index is 0.146. The van der Waals surface area contributed by atoms with E-state index in [4.69, 9.17) is 11.6 Å². The molecule has 2 N–H and O–H groups in total. The fraction of sp³-hybridized carbons (Fsp3) is 0.440. The Labute approximate surface area is 207 Å². The molecule has 0 aliphatic carbocycles. The maximum Gasteiger partial charge on any atom is 0.265 e. The Hall–Kier alpha value is -2.94. The number of nitrogens with zero attached hydrogens (tertiary/aromatic N) is 4. The lowest BCUT2D eigenvalue weighted by molar-refractivity contribution is -0.000415. The van der Waals surface area contributed by atoms with Gasteiger partial charge in [0.1, 0.15) is 10.8 Å². The average molecular weight is 505 g/mol. The molecule has 4 heterocycles. The molecular formula is C25H28ClF3N6. The van der Waals surface area contributed by atoms with Crippen LogP contribution in [-0.2, 0) is 0 Å². The van der Waals surface area contributed by atoms with Crippen LogP contribution in [0.25, 0.3) is 5.70 Å². The molecule has 186 valence electrons. The highest BCUT2D eigenvalue weighted by Crippen LogP contribution is 2.44. The van der Waals surface area contributed by atoms with Gasteiger partial charge < -0.3 is 20.4 Å². The number of piperidine rings is 1. The number of likely N-dealkylation sites (N-methyl/N-ethyl adjacent to an activating group) is 1. The molecule has 3 aliphatic rings. The van der Waals surface area contributed by atoms with Crippen LogP contribution in [0.3, 0.4) is 0 Å². The zero-order valence-corrected chi connectivity index (χ0v) is 20.5. The Morgan fingerprint density at radius 2 is 2.00 bits per heavy atom. The highest BCUT2D eigenvalue weighted by Gasteiger charge is 2.36. The summed E-state index contributed by atoms with van der Waals surface area (Å²) in [7, 11) is 1.76. The predicted molar refractivity (Wildman–Crippen MR) is 134 cm³/mol. The maximum absolute atomic E-state index is 15.2. The molecule has 1 saturated heterocycles. The van der Waals surface area contributed by atoms with E-state index in [1.807, 2.05) is 0 Å². The van der Waals surface area contributed by atoms with E-state index in [0.29, 0.717) is 40.1 Å². The minimum Gasteiger partial charge on any atom is -0.378 e. The fourth-order valence-corrected chi connectivity index (χ4v) is 4.95. The van der Waals surface area contributed by atoms with Crippen LogP contribution in [0.15, 0.2) is 36.2 Å². The van der Waals surface area contributed by atoms with E-state index >= 15 is 4.39 Å². The van der Waals surface area contributed by atoms with Crippen LogP contribution in [0, 0.1) is 11.7 Å². The molecule has 2 aromatic rings. The summed E-state index contributed by atoms with van der Waals surface area (Å²) in [6.07, 6.45) is 3.51. The lowest BCUT2D eigenvalue weighted by Gasteiger charge is -2.33. The molecule has 6 nitrogen and oxygen atoms in total. The number of halogens is 4. The largest absolute Gasteiger partial charge is 0.378 e. The Kier molecular flexibility index (Phi) is 6.07. The topological polar surface area (TPSA) is 56.3 Å². The van der Waals surface area contributed by atoms with Crippen LogP contribution in [0.1, 0.15) is 38.2 Å². The number of alkyl halides is 2. The SMILES string of the molecule is C=C1C2=C(NCC(F)(F)CC2)c2cc(Nc3nc(N4CCC(C)CC4)ncc3Cl)c(F)cc2N1C. The molecule has 0 atom stereocenters. The van der Waals surface area contributed by atoms with Crippen LogP contribution >= 0.6 is 11.6 Å². The molecule has 1 aromatic carbocycles. The van der Waals surface area contributed by atoms with Gasteiger partial charge in [0, 0.05) is 49.6 Å². The monoisotopic (exact) mass is 504 g/mol. The van der Waals surface area contributed by atoms with Crippen molar-refractivity contribution < 1.29 is 13.2 Å². The second kappa shape index (κ2) is 8.93. The standard InChI is InChI=1S/C25H28ClF3N6/c1-14-5-8-35(9-6-14)24-30-12-18(26)23(33-24)32-20-10-17-21(11-19(20)27)34(3)15(2)16-4-7-25(28,29)13-31-22(16)17/h10-12,14,31H,2,4-9,13H2,1,3H3,(H,30,32,33). The average Bonchev–Trinajstić information content (AvgIpc) is 2.98. The van der Waals surface area contributed by atoms with Crippen molar-refractivity contribution in [3.63, 3.8) is 0 Å². The lowest BCUT2D eigenvalue weighted by atomic mass is 9.93. The van der Waals surface area contributed by atoms with E-state index in [9.17, 15) is 8.78 Å². The number of hydrogen-bond donors (Lipinski definition) is 2. The molecule has 0 spiro atoms. The number of anilines is 4. The zero-order valence-electron chi connectivity index (χ0n) is 19.8. The molecule has 0 bridgehead atoms. The quantitative estimate of drug-likeness (QED) is 0.539. The third-order valence-electron chi connectivity index (χ3n) is 7.09. The Morgan fingerprint density at radius 3 is 2.74 bits per heavy atom. The molecule has 1 fully saturated rings. The van der Waals surface area contributed by atoms with E-state index in [1.165, 1.54) is 12.3 Å². The number of hydrogen-bond acceptors (Lipinski definition) is 6. The van der Waals surface area contributed by atoms with Gasteiger partial charge in [0.25, 0.3) is 5.92 Å². The first kappa shape index (κ1) is 23.8. The summed E-state index contributed by atoms with van der Waals surface area (Å²) in [6.45, 7) is 7.49. The Morgan fingerprint density at radius 1 is 1.26 bits per heavy atom. The number of aromatic nitrogens is 2. The van der Waals surface area contributed by atoms with Crippen molar-refractivity contribution >= 4 is 40.4 Å². The molecule has 0 amide bonds. The second-order valence-electron chi connectivity index (χ2n) is 9.58. The Balaban J connectivity index is 1.50. The van der Waals surface area contributed by atoms with E-state index < -0.39 is 18.3 Å². The first-order chi connectivity index (χ1) is 16.6. The lowest BCUT2D eigenvalue weighted by Crippen LogP contribution is -2.34.